The number of Topliss-reactive ketones (excluding diaryl/α,β-unsaturated/α-hetero) is 1. The number of nitrogens with zero attached hydrogens (tertiary/aromatic N) is 1. The van der Waals surface area contributed by atoms with Crippen LogP contribution < -0.4 is 0 Å². The number of amides is 1. The molecule has 0 aliphatic carbocycles. The first-order chi connectivity index (χ1) is 11.7. The Kier molecular flexibility index (Phi) is 8.62. The zero-order valence-electron chi connectivity index (χ0n) is 16.1. The van der Waals surface area contributed by atoms with E-state index in [0.717, 1.165) is 5.56 Å². The van der Waals surface area contributed by atoms with Gasteiger partial charge in [-0.1, -0.05) is 30.3 Å². The second kappa shape index (κ2) is 10.2. The molecule has 0 aromatic heterocycles. The Labute approximate surface area is 151 Å². The monoisotopic (exact) mass is 349 g/mol. The third-order valence-electron chi connectivity index (χ3n) is 3.45. The van der Waals surface area contributed by atoms with Gasteiger partial charge >= 0.3 is 6.09 Å². The van der Waals surface area contributed by atoms with Crippen LogP contribution in [0.2, 0.25) is 0 Å². The Morgan fingerprint density at radius 2 is 1.76 bits per heavy atom. The number of benzene rings is 1. The minimum absolute atomic E-state index is 0.0165. The molecule has 0 atom stereocenters. The van der Waals surface area contributed by atoms with E-state index in [1.54, 1.807) is 0 Å². The number of hydrogen-bond donors (Lipinski definition) is 0. The molecule has 25 heavy (non-hydrogen) atoms. The summed E-state index contributed by atoms with van der Waals surface area (Å²) in [4.78, 5) is 25.8. The molecule has 1 aromatic rings. The SMILES string of the molecule is CC(C)N(CC(=O)CCCOCc1ccccc1)C(=O)OC(C)(C)C. The summed E-state index contributed by atoms with van der Waals surface area (Å²) < 4.78 is 10.9. The van der Waals surface area contributed by atoms with Crippen molar-refractivity contribution in [2.75, 3.05) is 13.2 Å². The van der Waals surface area contributed by atoms with Crippen LogP contribution in [0.3, 0.4) is 0 Å². The standard InChI is InChI=1S/C20H31NO4/c1-16(2)21(19(23)25-20(3,4)5)14-18(22)12-9-13-24-15-17-10-7-6-8-11-17/h6-8,10-11,16H,9,12-15H2,1-5H3. The average Bonchev–Trinajstić information content (AvgIpc) is 2.51. The number of carbonyl (C=O) groups excluding carboxylic acids is 2. The highest BCUT2D eigenvalue weighted by Gasteiger charge is 2.25. The van der Waals surface area contributed by atoms with E-state index < -0.39 is 11.7 Å². The summed E-state index contributed by atoms with van der Waals surface area (Å²) in [6, 6.07) is 9.83. The second-order valence-electron chi connectivity index (χ2n) is 7.38. The quantitative estimate of drug-likeness (QED) is 0.627. The fraction of sp³-hybridized carbons (Fsp3) is 0.600. The molecule has 1 aromatic carbocycles. The van der Waals surface area contributed by atoms with Gasteiger partial charge in [-0.2, -0.15) is 0 Å². The van der Waals surface area contributed by atoms with Crippen LogP contribution in [0.5, 0.6) is 0 Å². The Bertz CT molecular complexity index is 534. The average molecular weight is 349 g/mol. The van der Waals surface area contributed by atoms with Crippen LogP contribution in [0.25, 0.3) is 0 Å². The lowest BCUT2D eigenvalue weighted by atomic mass is 10.2. The van der Waals surface area contributed by atoms with E-state index in [0.29, 0.717) is 26.1 Å². The molecule has 0 spiro atoms. The summed E-state index contributed by atoms with van der Waals surface area (Å²) >= 11 is 0. The highest BCUT2D eigenvalue weighted by atomic mass is 16.6. The van der Waals surface area contributed by atoms with Crippen molar-refractivity contribution >= 4 is 11.9 Å². The second-order valence-corrected chi connectivity index (χ2v) is 7.38. The van der Waals surface area contributed by atoms with Gasteiger partial charge in [-0.05, 0) is 46.6 Å². The van der Waals surface area contributed by atoms with Gasteiger partial charge in [0.15, 0.2) is 5.78 Å². The van der Waals surface area contributed by atoms with Crippen LogP contribution in [0.4, 0.5) is 4.79 Å². The molecule has 0 aliphatic heterocycles. The minimum Gasteiger partial charge on any atom is -0.444 e. The lowest BCUT2D eigenvalue weighted by Gasteiger charge is -2.29. The van der Waals surface area contributed by atoms with E-state index in [9.17, 15) is 9.59 Å². The van der Waals surface area contributed by atoms with Gasteiger partial charge in [0.25, 0.3) is 0 Å². The predicted octanol–water partition coefficient (Wildman–Crippen LogP) is 4.20. The number of ketones is 1. The van der Waals surface area contributed by atoms with Crippen LogP contribution in [-0.2, 0) is 20.9 Å². The van der Waals surface area contributed by atoms with Crippen molar-refractivity contribution in [1.82, 2.24) is 4.90 Å². The van der Waals surface area contributed by atoms with Gasteiger partial charge in [-0.15, -0.1) is 0 Å². The maximum atomic E-state index is 12.2. The molecule has 5 heteroatoms. The molecule has 5 nitrogen and oxygen atoms in total. The van der Waals surface area contributed by atoms with Gasteiger partial charge in [0, 0.05) is 19.1 Å². The van der Waals surface area contributed by atoms with Crippen LogP contribution in [0, 0.1) is 0 Å². The molecule has 140 valence electrons. The summed E-state index contributed by atoms with van der Waals surface area (Å²) in [5.41, 5.74) is 0.545. The molecule has 0 N–H and O–H groups in total. The number of ether oxygens (including phenoxy) is 2. The molecule has 1 amide bonds. The van der Waals surface area contributed by atoms with Crippen molar-refractivity contribution in [3.05, 3.63) is 35.9 Å². The fourth-order valence-corrected chi connectivity index (χ4v) is 2.18. The third kappa shape index (κ3) is 9.25. The molecule has 0 unspecified atom stereocenters. The Morgan fingerprint density at radius 3 is 2.32 bits per heavy atom. The first-order valence-electron chi connectivity index (χ1n) is 8.82. The smallest absolute Gasteiger partial charge is 0.410 e. The van der Waals surface area contributed by atoms with Crippen LogP contribution in [0.15, 0.2) is 30.3 Å². The van der Waals surface area contributed by atoms with Crippen molar-refractivity contribution < 1.29 is 19.1 Å². The van der Waals surface area contributed by atoms with Gasteiger partial charge in [-0.25, -0.2) is 4.79 Å². The van der Waals surface area contributed by atoms with Crippen LogP contribution >= 0.6 is 0 Å². The Morgan fingerprint density at radius 1 is 1.12 bits per heavy atom. The first kappa shape index (κ1) is 21.2. The van der Waals surface area contributed by atoms with E-state index in [4.69, 9.17) is 9.47 Å². The minimum atomic E-state index is -0.571. The van der Waals surface area contributed by atoms with Crippen molar-refractivity contribution in [3.8, 4) is 0 Å². The van der Waals surface area contributed by atoms with E-state index in [1.165, 1.54) is 4.90 Å². The van der Waals surface area contributed by atoms with Crippen LogP contribution in [0.1, 0.15) is 53.0 Å². The Balaban J connectivity index is 2.31. The summed E-state index contributed by atoms with van der Waals surface area (Å²) in [5, 5.41) is 0. The van der Waals surface area contributed by atoms with Crippen molar-refractivity contribution in [3.63, 3.8) is 0 Å². The maximum absolute atomic E-state index is 12.2. The topological polar surface area (TPSA) is 55.8 Å². The molecule has 0 saturated heterocycles. The molecule has 0 saturated carbocycles. The lowest BCUT2D eigenvalue weighted by molar-refractivity contribution is -0.121. The van der Waals surface area contributed by atoms with Gasteiger partial charge < -0.3 is 9.47 Å². The number of carbonyl (C=O) groups is 2. The zero-order chi connectivity index (χ0) is 18.9. The van der Waals surface area contributed by atoms with E-state index in [2.05, 4.69) is 0 Å². The summed E-state index contributed by atoms with van der Waals surface area (Å²) in [7, 11) is 0. The van der Waals surface area contributed by atoms with Gasteiger partial charge in [0.1, 0.15) is 5.60 Å². The van der Waals surface area contributed by atoms with Crippen molar-refractivity contribution in [1.29, 1.82) is 0 Å². The molecule has 0 aliphatic rings. The lowest BCUT2D eigenvalue weighted by Crippen LogP contribution is -2.43. The van der Waals surface area contributed by atoms with Crippen LogP contribution in [-0.4, -0.2) is 41.6 Å². The van der Waals surface area contributed by atoms with Crippen molar-refractivity contribution in [2.45, 2.75) is 65.7 Å². The summed E-state index contributed by atoms with van der Waals surface area (Å²) in [6.07, 6.45) is 0.586. The first-order valence-corrected chi connectivity index (χ1v) is 8.82. The van der Waals surface area contributed by atoms with Crippen molar-refractivity contribution in [2.24, 2.45) is 0 Å². The molecule has 0 fully saturated rings. The molecular formula is C20H31NO4. The maximum Gasteiger partial charge on any atom is 0.410 e. The molecule has 0 bridgehead atoms. The van der Waals surface area contributed by atoms with Gasteiger partial charge in [0.2, 0.25) is 0 Å². The summed E-state index contributed by atoms with van der Waals surface area (Å²) in [5.74, 6) is 0.0165. The van der Waals surface area contributed by atoms with E-state index >= 15 is 0 Å². The number of rotatable bonds is 9. The highest BCUT2D eigenvalue weighted by molar-refractivity contribution is 5.84. The fourth-order valence-electron chi connectivity index (χ4n) is 2.18. The molecule has 0 radical (unpaired) electrons. The number of hydrogen-bond acceptors (Lipinski definition) is 4. The largest absolute Gasteiger partial charge is 0.444 e. The normalized spacial score (nSPS) is 11.4. The Hall–Kier alpha value is -1.88. The van der Waals surface area contributed by atoms with E-state index in [-0.39, 0.29) is 18.4 Å². The third-order valence-corrected chi connectivity index (χ3v) is 3.45. The van der Waals surface area contributed by atoms with Gasteiger partial charge in [0.05, 0.1) is 13.2 Å². The summed E-state index contributed by atoms with van der Waals surface area (Å²) in [6.45, 7) is 10.3. The van der Waals surface area contributed by atoms with Gasteiger partial charge in [-0.3, -0.25) is 9.69 Å². The molecule has 0 heterocycles. The van der Waals surface area contributed by atoms with E-state index in [1.807, 2.05) is 65.0 Å². The zero-order valence-corrected chi connectivity index (χ0v) is 16.1. The predicted molar refractivity (Wildman–Crippen MR) is 98.4 cm³/mol. The highest BCUT2D eigenvalue weighted by Crippen LogP contribution is 2.12. The molecular weight excluding hydrogens is 318 g/mol. The molecule has 1 rings (SSSR count).